The minimum atomic E-state index is -0.393. The van der Waals surface area contributed by atoms with Gasteiger partial charge in [-0.15, -0.1) is 5.10 Å². The molecule has 0 bridgehead atoms. The second kappa shape index (κ2) is 7.40. The Kier molecular flexibility index (Phi) is 4.33. The highest BCUT2D eigenvalue weighted by Gasteiger charge is 2.24. The Balaban J connectivity index is 1.52. The molecule has 6 rings (SSSR count). The number of fused-ring (bicyclic) bond motifs is 2. The lowest BCUT2D eigenvalue weighted by molar-refractivity contribution is 0.565. The fourth-order valence-electron chi connectivity index (χ4n) is 4.05. The maximum atomic E-state index is 14.2. The molecule has 6 aromatic rings. The summed E-state index contributed by atoms with van der Waals surface area (Å²) >= 11 is 0. The lowest BCUT2D eigenvalue weighted by Crippen LogP contribution is -2.10. The summed E-state index contributed by atoms with van der Waals surface area (Å²) in [6.07, 6.45) is 8.30. The van der Waals surface area contributed by atoms with Gasteiger partial charge in [0, 0.05) is 24.2 Å². The van der Waals surface area contributed by atoms with Crippen LogP contribution in [0.25, 0.3) is 38.9 Å². The van der Waals surface area contributed by atoms with E-state index in [2.05, 4.69) is 30.4 Å². The van der Waals surface area contributed by atoms with Crippen molar-refractivity contribution < 1.29 is 4.39 Å². The highest BCUT2D eigenvalue weighted by molar-refractivity contribution is 6.04. The molecule has 0 amide bonds. The molecule has 1 aromatic carbocycles. The van der Waals surface area contributed by atoms with Crippen LogP contribution in [0.4, 0.5) is 10.2 Å². The van der Waals surface area contributed by atoms with Gasteiger partial charge in [0.05, 0.1) is 35.5 Å². The maximum absolute atomic E-state index is 14.2. The predicted molar refractivity (Wildman–Crippen MR) is 122 cm³/mol. The third-order valence-corrected chi connectivity index (χ3v) is 5.85. The van der Waals surface area contributed by atoms with Crippen LogP contribution < -0.4 is 5.73 Å². The van der Waals surface area contributed by atoms with Crippen molar-refractivity contribution in [1.29, 1.82) is 0 Å². The van der Waals surface area contributed by atoms with E-state index in [9.17, 15) is 4.39 Å². The molecule has 11 nitrogen and oxygen atoms in total. The maximum Gasteiger partial charge on any atom is 0.164 e. The molecule has 5 aromatic heterocycles. The van der Waals surface area contributed by atoms with Crippen molar-refractivity contribution in [2.45, 2.75) is 13.0 Å². The Hall–Kier alpha value is -4.74. The molecule has 34 heavy (non-hydrogen) atoms. The van der Waals surface area contributed by atoms with Crippen LogP contribution >= 0.6 is 0 Å². The summed E-state index contributed by atoms with van der Waals surface area (Å²) in [5, 5.41) is 19.1. The number of anilines is 1. The van der Waals surface area contributed by atoms with Crippen molar-refractivity contribution in [3.63, 3.8) is 0 Å². The van der Waals surface area contributed by atoms with Crippen molar-refractivity contribution >= 4 is 27.8 Å². The minimum Gasteiger partial charge on any atom is -0.383 e. The molecular weight excluding hydrogens is 437 g/mol. The van der Waals surface area contributed by atoms with E-state index in [1.54, 1.807) is 52.4 Å². The highest BCUT2D eigenvalue weighted by atomic mass is 19.1. The average Bonchev–Trinajstić information content (AvgIpc) is 3.57. The van der Waals surface area contributed by atoms with E-state index in [1.807, 2.05) is 14.0 Å². The van der Waals surface area contributed by atoms with Crippen molar-refractivity contribution in [2.24, 2.45) is 7.05 Å². The quantitative estimate of drug-likeness (QED) is 0.429. The Morgan fingerprint density at radius 1 is 1.09 bits per heavy atom. The van der Waals surface area contributed by atoms with Gasteiger partial charge in [-0.3, -0.25) is 9.67 Å². The second-order valence-electron chi connectivity index (χ2n) is 7.85. The zero-order valence-corrected chi connectivity index (χ0v) is 18.2. The molecule has 0 fully saturated rings. The van der Waals surface area contributed by atoms with Gasteiger partial charge in [0.2, 0.25) is 0 Å². The van der Waals surface area contributed by atoms with E-state index in [1.165, 1.54) is 17.1 Å². The average molecular weight is 455 g/mol. The van der Waals surface area contributed by atoms with Gasteiger partial charge >= 0.3 is 0 Å². The number of benzene rings is 1. The molecule has 0 radical (unpaired) electrons. The molecule has 0 aliphatic rings. The summed E-state index contributed by atoms with van der Waals surface area (Å²) in [6.45, 7) is 1.91. The van der Waals surface area contributed by atoms with Gasteiger partial charge in [-0.05, 0) is 19.1 Å². The predicted octanol–water partition coefficient (Wildman–Crippen LogP) is 2.69. The van der Waals surface area contributed by atoms with Gasteiger partial charge < -0.3 is 5.73 Å². The molecular formula is C22H18FN11. The van der Waals surface area contributed by atoms with Crippen molar-refractivity contribution in [3.05, 3.63) is 66.9 Å². The van der Waals surface area contributed by atoms with Crippen LogP contribution in [0.5, 0.6) is 0 Å². The minimum absolute atomic E-state index is 0.300. The molecule has 0 saturated heterocycles. The van der Waals surface area contributed by atoms with Crippen LogP contribution in [-0.4, -0.2) is 49.5 Å². The number of aryl methyl sites for hydroxylation is 1. The normalized spacial score (nSPS) is 12.6. The van der Waals surface area contributed by atoms with Gasteiger partial charge in [-0.25, -0.2) is 23.7 Å². The molecule has 0 aliphatic carbocycles. The van der Waals surface area contributed by atoms with Crippen LogP contribution in [0.15, 0.2) is 55.4 Å². The van der Waals surface area contributed by atoms with E-state index in [0.29, 0.717) is 33.9 Å². The lowest BCUT2D eigenvalue weighted by atomic mass is 10.1. The number of rotatable bonds is 4. The number of hydrogen-bond acceptors (Lipinski definition) is 8. The molecule has 1 atom stereocenters. The Morgan fingerprint density at radius 2 is 1.94 bits per heavy atom. The Labute approximate surface area is 191 Å². The molecule has 5 heterocycles. The first-order valence-corrected chi connectivity index (χ1v) is 10.4. The molecule has 0 spiro atoms. The number of hydrogen-bond donors (Lipinski definition) is 1. The second-order valence-corrected chi connectivity index (χ2v) is 7.85. The number of nitrogens with zero attached hydrogens (tertiary/aromatic N) is 10. The molecule has 1 unspecified atom stereocenters. The van der Waals surface area contributed by atoms with Crippen molar-refractivity contribution in [1.82, 2.24) is 49.5 Å². The fourth-order valence-corrected chi connectivity index (χ4v) is 4.05. The van der Waals surface area contributed by atoms with Crippen LogP contribution in [0, 0.1) is 5.82 Å². The zero-order chi connectivity index (χ0) is 23.4. The van der Waals surface area contributed by atoms with Crippen molar-refractivity contribution in [2.75, 3.05) is 5.73 Å². The SMILES string of the molecule is CC(c1cn(-c2ccccc2F)nn1)n1nc(-c2cncc3c2cnn3C)c2c(N)ncnc21. The van der Waals surface area contributed by atoms with Crippen LogP contribution in [-0.2, 0) is 7.05 Å². The van der Waals surface area contributed by atoms with E-state index in [0.717, 1.165) is 16.5 Å². The number of pyridine rings is 1. The number of aromatic nitrogens is 10. The summed E-state index contributed by atoms with van der Waals surface area (Å²) in [7, 11) is 1.85. The third kappa shape index (κ3) is 2.92. The molecule has 168 valence electrons. The fraction of sp³-hybridized carbons (Fsp3) is 0.136. The van der Waals surface area contributed by atoms with E-state index in [-0.39, 0.29) is 6.04 Å². The zero-order valence-electron chi connectivity index (χ0n) is 18.2. The summed E-state index contributed by atoms with van der Waals surface area (Å²) in [5.41, 5.74) is 9.91. The Morgan fingerprint density at radius 3 is 2.79 bits per heavy atom. The first-order chi connectivity index (χ1) is 16.5. The molecule has 2 N–H and O–H groups in total. The van der Waals surface area contributed by atoms with Crippen molar-refractivity contribution in [3.8, 4) is 16.9 Å². The van der Waals surface area contributed by atoms with Gasteiger partial charge in [0.15, 0.2) is 5.65 Å². The van der Waals surface area contributed by atoms with Gasteiger partial charge in [-0.1, -0.05) is 17.3 Å². The Bertz CT molecular complexity index is 1680. The number of para-hydroxylation sites is 1. The highest BCUT2D eigenvalue weighted by Crippen LogP contribution is 2.35. The third-order valence-electron chi connectivity index (χ3n) is 5.85. The summed E-state index contributed by atoms with van der Waals surface area (Å²) < 4.78 is 19.1. The molecule has 0 saturated carbocycles. The van der Waals surface area contributed by atoms with E-state index >= 15 is 0 Å². The number of nitrogen functional groups attached to an aromatic ring is 1. The lowest BCUT2D eigenvalue weighted by Gasteiger charge is -2.09. The van der Waals surface area contributed by atoms with Gasteiger partial charge in [0.1, 0.15) is 35.0 Å². The number of nitrogens with two attached hydrogens (primary N) is 1. The van der Waals surface area contributed by atoms with Crippen LogP contribution in [0.3, 0.4) is 0 Å². The smallest absolute Gasteiger partial charge is 0.164 e. The summed E-state index contributed by atoms with van der Waals surface area (Å²) in [4.78, 5) is 13.0. The summed E-state index contributed by atoms with van der Waals surface area (Å²) in [6, 6.07) is 5.99. The topological polar surface area (TPSA) is 131 Å². The standard InChI is InChI=1S/C22H18FN11/c1-12(16-10-33(31-29-16)17-6-4-3-5-15(17)23)34-22-19(21(24)26-11-27-22)20(30-34)14-7-25-9-18-13(14)8-28-32(18)2/h3-12H,1-2H3,(H2,24,26,27). The van der Waals surface area contributed by atoms with Gasteiger partial charge in [0.25, 0.3) is 0 Å². The van der Waals surface area contributed by atoms with E-state index < -0.39 is 5.82 Å². The first-order valence-electron chi connectivity index (χ1n) is 10.4. The molecule has 12 heteroatoms. The summed E-state index contributed by atoms with van der Waals surface area (Å²) in [5.74, 6) is -0.0923. The van der Waals surface area contributed by atoms with Crippen LogP contribution in [0.2, 0.25) is 0 Å². The monoisotopic (exact) mass is 455 g/mol. The van der Waals surface area contributed by atoms with E-state index in [4.69, 9.17) is 10.8 Å². The first kappa shape index (κ1) is 19.9. The largest absolute Gasteiger partial charge is 0.383 e. The van der Waals surface area contributed by atoms with Crippen LogP contribution in [0.1, 0.15) is 18.7 Å². The number of halogens is 1. The van der Waals surface area contributed by atoms with Gasteiger partial charge in [-0.2, -0.15) is 10.2 Å². The molecule has 0 aliphatic heterocycles.